The van der Waals surface area contributed by atoms with Gasteiger partial charge >= 0.3 is 5.97 Å². The van der Waals surface area contributed by atoms with Crippen LogP contribution in [0.4, 0.5) is 5.69 Å². The van der Waals surface area contributed by atoms with E-state index in [1.807, 2.05) is 0 Å². The molecule has 0 saturated heterocycles. The predicted molar refractivity (Wildman–Crippen MR) is 103 cm³/mol. The fourth-order valence-electron chi connectivity index (χ4n) is 1.83. The summed E-state index contributed by atoms with van der Waals surface area (Å²) < 4.78 is 10.3. The van der Waals surface area contributed by atoms with Crippen molar-refractivity contribution in [2.75, 3.05) is 11.9 Å². The summed E-state index contributed by atoms with van der Waals surface area (Å²) in [5.41, 5.74) is 0.428. The summed E-state index contributed by atoms with van der Waals surface area (Å²) >= 11 is 23.4. The molecule has 0 radical (unpaired) electrons. The maximum Gasteiger partial charge on any atom is 0.347 e. The maximum atomic E-state index is 11.9. The minimum atomic E-state index is -0.966. The number of anilines is 1. The number of amides is 1. The second-order valence-corrected chi connectivity index (χ2v) is 6.78. The first kappa shape index (κ1) is 20.6. The fourth-order valence-corrected chi connectivity index (χ4v) is 2.59. The molecule has 0 aliphatic rings. The molecule has 2 aromatic rings. The molecule has 0 saturated carbocycles. The van der Waals surface area contributed by atoms with Gasteiger partial charge in [-0.2, -0.15) is 0 Å². The smallest absolute Gasteiger partial charge is 0.347 e. The molecule has 1 atom stereocenters. The average Bonchev–Trinajstić information content (AvgIpc) is 2.58. The van der Waals surface area contributed by atoms with Gasteiger partial charge in [-0.05, 0) is 43.3 Å². The first-order chi connectivity index (χ1) is 12.3. The Hall–Kier alpha value is -1.66. The third kappa shape index (κ3) is 5.95. The molecule has 5 nitrogen and oxygen atoms in total. The van der Waals surface area contributed by atoms with Crippen LogP contribution >= 0.6 is 46.4 Å². The quantitative estimate of drug-likeness (QED) is 0.628. The summed E-state index contributed by atoms with van der Waals surface area (Å²) in [7, 11) is 0. The normalized spacial score (nSPS) is 11.6. The Kier molecular flexibility index (Phi) is 7.41. The van der Waals surface area contributed by atoms with E-state index < -0.39 is 24.6 Å². The number of benzene rings is 2. The van der Waals surface area contributed by atoms with E-state index in [1.54, 1.807) is 12.1 Å². The lowest BCUT2D eigenvalue weighted by Gasteiger charge is -2.15. The molecule has 2 rings (SSSR count). The third-order valence-corrected chi connectivity index (χ3v) is 4.35. The minimum absolute atomic E-state index is 0.259. The number of carbonyl (C=O) groups is 2. The number of rotatable bonds is 6. The van der Waals surface area contributed by atoms with Gasteiger partial charge in [-0.3, -0.25) is 4.79 Å². The Bertz CT molecular complexity index is 828. The molecule has 2 aromatic carbocycles. The second kappa shape index (κ2) is 9.33. The van der Waals surface area contributed by atoms with Crippen LogP contribution in [0.3, 0.4) is 0 Å². The van der Waals surface area contributed by atoms with E-state index in [1.165, 1.54) is 31.2 Å². The van der Waals surface area contributed by atoms with Crippen molar-refractivity contribution in [3.05, 3.63) is 56.5 Å². The predicted octanol–water partition coefficient (Wildman–Crippen LogP) is 5.25. The van der Waals surface area contributed by atoms with Crippen LogP contribution in [0.15, 0.2) is 36.4 Å². The van der Waals surface area contributed by atoms with E-state index >= 15 is 0 Å². The Morgan fingerprint density at radius 2 is 1.73 bits per heavy atom. The molecule has 9 heteroatoms. The Labute approximate surface area is 170 Å². The highest BCUT2D eigenvalue weighted by atomic mass is 35.5. The van der Waals surface area contributed by atoms with Gasteiger partial charge in [-0.15, -0.1) is 0 Å². The van der Waals surface area contributed by atoms with Gasteiger partial charge in [0.25, 0.3) is 5.91 Å². The monoisotopic (exact) mass is 435 g/mol. The summed E-state index contributed by atoms with van der Waals surface area (Å²) in [6, 6.07) is 9.19. The molecular weight excluding hydrogens is 424 g/mol. The van der Waals surface area contributed by atoms with Crippen LogP contribution in [0.1, 0.15) is 6.92 Å². The molecule has 0 bridgehead atoms. The summed E-state index contributed by atoms with van der Waals surface area (Å²) in [6.45, 7) is 0.991. The molecule has 1 amide bonds. The molecule has 0 aliphatic heterocycles. The molecule has 138 valence electrons. The van der Waals surface area contributed by atoms with Gasteiger partial charge in [0, 0.05) is 10.7 Å². The average molecular weight is 437 g/mol. The molecule has 0 fully saturated rings. The SMILES string of the molecule is C[C@@H](Oc1ccc(Cl)cc1Cl)C(=O)OCC(=O)Nc1ccc(Cl)c(Cl)c1. The lowest BCUT2D eigenvalue weighted by Crippen LogP contribution is -2.29. The van der Waals surface area contributed by atoms with Gasteiger partial charge in [0.05, 0.1) is 15.1 Å². The molecule has 0 aliphatic carbocycles. The van der Waals surface area contributed by atoms with Crippen molar-refractivity contribution >= 4 is 64.0 Å². The van der Waals surface area contributed by atoms with Crippen LogP contribution in [0.25, 0.3) is 0 Å². The number of ether oxygens (including phenoxy) is 2. The van der Waals surface area contributed by atoms with Crippen LogP contribution < -0.4 is 10.1 Å². The number of carbonyl (C=O) groups excluding carboxylic acids is 2. The van der Waals surface area contributed by atoms with Crippen LogP contribution in [0.2, 0.25) is 20.1 Å². The number of esters is 1. The lowest BCUT2D eigenvalue weighted by molar-refractivity contribution is -0.153. The van der Waals surface area contributed by atoms with Gasteiger partial charge in [0.15, 0.2) is 12.7 Å². The Morgan fingerprint density at radius 3 is 2.38 bits per heavy atom. The van der Waals surface area contributed by atoms with Crippen molar-refractivity contribution in [1.29, 1.82) is 0 Å². The van der Waals surface area contributed by atoms with E-state index in [-0.39, 0.29) is 10.8 Å². The number of halogens is 4. The molecule has 0 aromatic heterocycles. The van der Waals surface area contributed by atoms with E-state index in [0.29, 0.717) is 20.8 Å². The summed E-state index contributed by atoms with van der Waals surface area (Å²) in [5, 5.41) is 3.89. The van der Waals surface area contributed by atoms with Crippen molar-refractivity contribution in [2.24, 2.45) is 0 Å². The fraction of sp³-hybridized carbons (Fsp3) is 0.176. The van der Waals surface area contributed by atoms with Gasteiger partial charge in [-0.1, -0.05) is 46.4 Å². The summed E-state index contributed by atoms with van der Waals surface area (Å²) in [4.78, 5) is 23.8. The molecule has 26 heavy (non-hydrogen) atoms. The molecular formula is C17H13Cl4NO4. The zero-order valence-electron chi connectivity index (χ0n) is 13.4. The number of hydrogen-bond acceptors (Lipinski definition) is 4. The first-order valence-corrected chi connectivity index (χ1v) is 8.80. The van der Waals surface area contributed by atoms with Gasteiger partial charge in [0.1, 0.15) is 5.75 Å². The molecule has 0 spiro atoms. The third-order valence-electron chi connectivity index (χ3n) is 3.08. The lowest BCUT2D eigenvalue weighted by atomic mass is 10.3. The van der Waals surface area contributed by atoms with Crippen molar-refractivity contribution in [3.63, 3.8) is 0 Å². The standard InChI is InChI=1S/C17H13Cl4NO4/c1-9(26-15-5-2-10(18)6-14(15)21)17(24)25-8-16(23)22-11-3-4-12(19)13(20)7-11/h2-7,9H,8H2,1H3,(H,22,23)/t9-/m1/s1. The van der Waals surface area contributed by atoms with E-state index in [4.69, 9.17) is 55.9 Å². The number of nitrogens with one attached hydrogen (secondary N) is 1. The van der Waals surface area contributed by atoms with E-state index in [0.717, 1.165) is 0 Å². The van der Waals surface area contributed by atoms with Crippen LogP contribution in [0, 0.1) is 0 Å². The van der Waals surface area contributed by atoms with Crippen molar-refractivity contribution in [1.82, 2.24) is 0 Å². The molecule has 0 heterocycles. The van der Waals surface area contributed by atoms with Crippen LogP contribution in [0.5, 0.6) is 5.75 Å². The Morgan fingerprint density at radius 1 is 1.00 bits per heavy atom. The topological polar surface area (TPSA) is 64.6 Å². The van der Waals surface area contributed by atoms with Crippen molar-refractivity contribution in [2.45, 2.75) is 13.0 Å². The number of hydrogen-bond donors (Lipinski definition) is 1. The highest BCUT2D eigenvalue weighted by Crippen LogP contribution is 2.28. The largest absolute Gasteiger partial charge is 0.477 e. The Balaban J connectivity index is 1.84. The van der Waals surface area contributed by atoms with Gasteiger partial charge in [-0.25, -0.2) is 4.79 Å². The van der Waals surface area contributed by atoms with Crippen molar-refractivity contribution in [3.8, 4) is 5.75 Å². The van der Waals surface area contributed by atoms with Crippen LogP contribution in [-0.4, -0.2) is 24.6 Å². The highest BCUT2D eigenvalue weighted by Gasteiger charge is 2.19. The van der Waals surface area contributed by atoms with Gasteiger partial charge in [0.2, 0.25) is 0 Å². The summed E-state index contributed by atoms with van der Waals surface area (Å²) in [6.07, 6.45) is -0.966. The van der Waals surface area contributed by atoms with E-state index in [2.05, 4.69) is 5.32 Å². The highest BCUT2D eigenvalue weighted by molar-refractivity contribution is 6.42. The first-order valence-electron chi connectivity index (χ1n) is 7.29. The molecule has 0 unspecified atom stereocenters. The van der Waals surface area contributed by atoms with Crippen LogP contribution in [-0.2, 0) is 14.3 Å². The zero-order chi connectivity index (χ0) is 19.3. The van der Waals surface area contributed by atoms with E-state index in [9.17, 15) is 9.59 Å². The second-order valence-electron chi connectivity index (χ2n) is 5.12. The summed E-state index contributed by atoms with van der Waals surface area (Å²) in [5.74, 6) is -0.977. The minimum Gasteiger partial charge on any atom is -0.477 e. The molecule has 1 N–H and O–H groups in total. The van der Waals surface area contributed by atoms with Gasteiger partial charge < -0.3 is 14.8 Å². The zero-order valence-corrected chi connectivity index (χ0v) is 16.4. The maximum absolute atomic E-state index is 11.9. The van der Waals surface area contributed by atoms with Crippen molar-refractivity contribution < 1.29 is 19.1 Å².